The van der Waals surface area contributed by atoms with E-state index in [1.165, 1.54) is 0 Å². The summed E-state index contributed by atoms with van der Waals surface area (Å²) in [6, 6.07) is 74.7. The third-order valence-electron chi connectivity index (χ3n) is 23.0. The molecule has 0 saturated carbocycles. The Hall–Kier alpha value is -13.5. The smallest absolute Gasteiger partial charge is 0.335 e. The average molecular weight is 1550 g/mol. The molecule has 0 unspecified atom stereocenters. The normalized spacial score (nSPS) is 11.7. The first kappa shape index (κ1) is 80.5. The molecule has 0 amide bonds. The molecule has 0 heterocycles. The van der Waals surface area contributed by atoms with Crippen LogP contribution in [0.25, 0.3) is 0 Å². The fourth-order valence-corrected chi connectivity index (χ4v) is 16.0. The van der Waals surface area contributed by atoms with Crippen LogP contribution in [0.15, 0.2) is 243 Å². The van der Waals surface area contributed by atoms with Gasteiger partial charge in [-0.25, -0.2) is 14.4 Å². The van der Waals surface area contributed by atoms with Crippen LogP contribution in [-0.4, -0.2) is 63.9 Å². The number of carboxylic acid groups (broad SMARTS) is 3. The van der Waals surface area contributed by atoms with E-state index in [0.29, 0.717) is 50.6 Å². The highest BCUT2D eigenvalue weighted by atomic mass is 16.5. The largest absolute Gasteiger partial charge is 0.508 e. The summed E-state index contributed by atoms with van der Waals surface area (Å²) in [5.74, 6) is -2.51. The second-order valence-corrected chi connectivity index (χ2v) is 31.4. The minimum absolute atomic E-state index is 0.0507. The Morgan fingerprint density at radius 2 is 0.491 bits per heavy atom. The van der Waals surface area contributed by atoms with E-state index in [1.54, 1.807) is 109 Å². The first-order valence-electron chi connectivity index (χ1n) is 38.4. The first-order chi connectivity index (χ1) is 55.2. The summed E-state index contributed by atoms with van der Waals surface area (Å²) in [6.45, 7) is 23.9. The van der Waals surface area contributed by atoms with Crippen molar-refractivity contribution in [2.45, 2.75) is 131 Å². The summed E-state index contributed by atoms with van der Waals surface area (Å²) >= 11 is 0. The van der Waals surface area contributed by atoms with Crippen LogP contribution < -0.4 is 14.2 Å². The number of benzene rings is 13. The number of aromatic carboxylic acids is 3. The van der Waals surface area contributed by atoms with Crippen LogP contribution in [-0.2, 0) is 30.7 Å². The van der Waals surface area contributed by atoms with E-state index in [9.17, 15) is 60.3 Å². The van der Waals surface area contributed by atoms with Gasteiger partial charge in [-0.2, -0.15) is 0 Å². The van der Waals surface area contributed by atoms with E-state index < -0.39 is 46.5 Å². The predicted molar refractivity (Wildman–Crippen MR) is 451 cm³/mol. The van der Waals surface area contributed by atoms with Crippen molar-refractivity contribution in [3.8, 4) is 51.7 Å². The number of aryl methyl sites for hydroxylation is 9. The van der Waals surface area contributed by atoms with Gasteiger partial charge in [0.25, 0.3) is 0 Å². The third kappa shape index (κ3) is 16.5. The summed E-state index contributed by atoms with van der Waals surface area (Å²) < 4.78 is 21.3. The predicted octanol–water partition coefficient (Wildman–Crippen LogP) is 21.7. The van der Waals surface area contributed by atoms with E-state index in [4.69, 9.17) is 14.2 Å². The molecular weight excluding hydrogens is 1450 g/mol. The van der Waals surface area contributed by atoms with Crippen LogP contribution in [0.3, 0.4) is 0 Å². The number of carbonyl (C=O) groups is 3. The zero-order valence-corrected chi connectivity index (χ0v) is 66.9. The zero-order chi connectivity index (χ0) is 82.9. The molecule has 0 aromatic heterocycles. The number of hydrogen-bond acceptors (Lipinski definition) is 12. The molecule has 9 N–H and O–H groups in total. The van der Waals surface area contributed by atoms with Crippen LogP contribution in [0.2, 0.25) is 0 Å². The number of ether oxygens (including phenoxy) is 3. The molecule has 0 radical (unpaired) electrons. The molecule has 13 aromatic rings. The highest BCUT2D eigenvalue weighted by Crippen LogP contribution is 2.52. The van der Waals surface area contributed by atoms with E-state index in [1.807, 2.05) is 135 Å². The van der Waals surface area contributed by atoms with Gasteiger partial charge in [-0.1, -0.05) is 172 Å². The SMILES string of the molecule is Cc1cc(C(c2ccc(O)c(C)c2)c2cc(C(C)(C)c3ccc(C(C)(c4cc(C)c(OCc5ccc(C(=O)O)cc5)c(C(c5ccc(O)c(C)c5)c5ccc(O)c(C)c5)c4)c4cc(C)c(OCc5ccc(C(=O)O)cc5)c(C(c5ccc(O)c(C)c5)c5ccc(O)c(C)c5)c4)cc3)cc(C)c2OCc2ccc(C(=O)O)cc2)ccc1O. The number of aromatic hydroxyl groups is 6. The first-order valence-corrected chi connectivity index (χ1v) is 38.4. The van der Waals surface area contributed by atoms with Gasteiger partial charge in [0, 0.05) is 45.3 Å². The topological polar surface area (TPSA) is 261 Å². The average Bonchev–Trinajstić information content (AvgIpc) is 0.735. The molecule has 13 rings (SSSR count). The molecule has 0 bridgehead atoms. The van der Waals surface area contributed by atoms with E-state index in [0.717, 1.165) is 111 Å². The van der Waals surface area contributed by atoms with Gasteiger partial charge in [-0.05, 0) is 282 Å². The molecule has 0 atom stereocenters. The fourth-order valence-electron chi connectivity index (χ4n) is 16.0. The van der Waals surface area contributed by atoms with Crippen molar-refractivity contribution in [3.63, 3.8) is 0 Å². The minimum Gasteiger partial charge on any atom is -0.508 e. The van der Waals surface area contributed by atoms with Gasteiger partial charge >= 0.3 is 17.9 Å². The lowest BCUT2D eigenvalue weighted by atomic mass is 9.67. The van der Waals surface area contributed by atoms with E-state index in [-0.39, 0.29) is 71.0 Å². The van der Waals surface area contributed by atoms with Gasteiger partial charge in [0.05, 0.1) is 16.7 Å². The standard InChI is InChI=1S/C101H94O15/c1-56-41-71(25-35-85(56)102)91(72-26-36-86(103)57(2)42-72)82-50-79(47-62(7)94(82)114-53-65-13-19-68(20-14-65)97(108)109)100(10,11)77-31-33-78(34-32-77)101(12,80-48-63(8)95(115-54-66-15-21-69(22-16-66)98(110)111)83(51-80)92(73-27-37-87(104)58(3)43-73)74-28-38-88(105)59(4)44-74)81-49-64(9)96(116-55-67-17-23-70(24-18-67)99(112)113)84(52-81)93(75-29-39-89(106)60(5)45-75)76-30-40-90(107)61(6)46-76/h13-52,91-93,102-107H,53-55H2,1-12H3,(H,108,109)(H,110,111)(H,112,113). The maximum Gasteiger partial charge on any atom is 0.335 e. The molecule has 0 saturated heterocycles. The second-order valence-electron chi connectivity index (χ2n) is 31.4. The Balaban J connectivity index is 1.07. The van der Waals surface area contributed by atoms with Crippen LogP contribution in [0, 0.1) is 62.3 Å². The molecule has 0 aliphatic heterocycles. The minimum atomic E-state index is -1.16. The van der Waals surface area contributed by atoms with Gasteiger partial charge in [-0.3, -0.25) is 0 Å². The summed E-state index contributed by atoms with van der Waals surface area (Å²) in [7, 11) is 0. The van der Waals surface area contributed by atoms with E-state index in [2.05, 4.69) is 81.4 Å². The van der Waals surface area contributed by atoms with Crippen molar-refractivity contribution >= 4 is 17.9 Å². The summed E-state index contributed by atoms with van der Waals surface area (Å²) in [4.78, 5) is 36.2. The Kier molecular flexibility index (Phi) is 22.8. The highest BCUT2D eigenvalue weighted by molar-refractivity contribution is 5.88. The van der Waals surface area contributed by atoms with Crippen molar-refractivity contribution < 1.29 is 74.6 Å². The van der Waals surface area contributed by atoms with Crippen LogP contribution in [0.1, 0.15) is 214 Å². The number of rotatable bonds is 26. The van der Waals surface area contributed by atoms with E-state index >= 15 is 0 Å². The Labute approximate surface area is 675 Å². The molecule has 15 heteroatoms. The maximum atomic E-state index is 12.1. The number of phenols is 6. The van der Waals surface area contributed by atoms with Crippen LogP contribution >= 0.6 is 0 Å². The lowest BCUT2D eigenvalue weighted by Crippen LogP contribution is -2.28. The maximum absolute atomic E-state index is 12.1. The molecule has 0 spiro atoms. The van der Waals surface area contributed by atoms with Gasteiger partial charge < -0.3 is 60.2 Å². The summed E-state index contributed by atoms with van der Waals surface area (Å²) in [5, 5.41) is 96.7. The monoisotopic (exact) mass is 1550 g/mol. The molecule has 588 valence electrons. The summed E-state index contributed by atoms with van der Waals surface area (Å²) in [6.07, 6.45) is 0. The van der Waals surface area contributed by atoms with Crippen LogP contribution in [0.4, 0.5) is 0 Å². The highest BCUT2D eigenvalue weighted by Gasteiger charge is 2.39. The lowest BCUT2D eigenvalue weighted by molar-refractivity contribution is 0.0686. The molecule has 116 heavy (non-hydrogen) atoms. The molecule has 15 nitrogen and oxygen atoms in total. The lowest BCUT2D eigenvalue weighted by Gasteiger charge is -2.36. The van der Waals surface area contributed by atoms with Crippen molar-refractivity contribution in [1.29, 1.82) is 0 Å². The van der Waals surface area contributed by atoms with Gasteiger partial charge in [0.1, 0.15) is 71.6 Å². The van der Waals surface area contributed by atoms with Gasteiger partial charge in [-0.15, -0.1) is 0 Å². The molecule has 0 fully saturated rings. The van der Waals surface area contributed by atoms with Crippen molar-refractivity contribution in [2.24, 2.45) is 0 Å². The van der Waals surface area contributed by atoms with Crippen molar-refractivity contribution in [3.05, 3.63) is 404 Å². The Morgan fingerprint density at radius 1 is 0.267 bits per heavy atom. The number of phenolic OH excluding ortho intramolecular Hbond substituents is 6. The van der Waals surface area contributed by atoms with Crippen molar-refractivity contribution in [2.75, 3.05) is 0 Å². The summed E-state index contributed by atoms with van der Waals surface area (Å²) in [5.41, 5.74) is 18.5. The number of hydrogen-bond donors (Lipinski definition) is 9. The molecular formula is C101H94O15. The van der Waals surface area contributed by atoms with Crippen molar-refractivity contribution in [1.82, 2.24) is 0 Å². The molecule has 13 aromatic carbocycles. The Bertz CT molecular complexity index is 5560. The number of carboxylic acids is 3. The third-order valence-corrected chi connectivity index (χ3v) is 23.0. The quantitative estimate of drug-likeness (QED) is 0.0228. The zero-order valence-electron chi connectivity index (χ0n) is 66.9. The van der Waals surface area contributed by atoms with Gasteiger partial charge in [0.15, 0.2) is 0 Å². The van der Waals surface area contributed by atoms with Gasteiger partial charge in [0.2, 0.25) is 0 Å². The molecule has 0 aliphatic rings. The molecule has 0 aliphatic carbocycles. The fraction of sp³-hybridized carbons (Fsp3) is 0.198. The Morgan fingerprint density at radius 3 is 0.724 bits per heavy atom. The van der Waals surface area contributed by atoms with Crippen LogP contribution in [0.5, 0.6) is 51.7 Å². The second kappa shape index (κ2) is 32.9.